The quantitative estimate of drug-likeness (QED) is 0.793. The van der Waals surface area contributed by atoms with Crippen LogP contribution in [0.15, 0.2) is 24.3 Å². The molecule has 1 amide bonds. The van der Waals surface area contributed by atoms with Crippen LogP contribution in [0.5, 0.6) is 0 Å². The lowest BCUT2D eigenvalue weighted by atomic mass is 10.2. The Morgan fingerprint density at radius 2 is 1.94 bits per heavy atom. The number of nitrogens with two attached hydrogens (primary N) is 1. The van der Waals surface area contributed by atoms with Crippen LogP contribution in [0.2, 0.25) is 0 Å². The van der Waals surface area contributed by atoms with Crippen LogP contribution in [-0.2, 0) is 9.53 Å². The summed E-state index contributed by atoms with van der Waals surface area (Å²) in [6.07, 6.45) is 0. The van der Waals surface area contributed by atoms with Crippen molar-refractivity contribution in [1.29, 1.82) is 0 Å². The largest absolute Gasteiger partial charge is 0.378 e. The number of carbonyl (C=O) groups excluding carboxylic acids is 1. The normalized spacial score (nSPS) is 15.6. The highest BCUT2D eigenvalue weighted by Gasteiger charge is 2.10. The summed E-state index contributed by atoms with van der Waals surface area (Å²) >= 11 is 0. The zero-order valence-electron chi connectivity index (χ0n) is 9.69. The molecule has 1 aromatic rings. The van der Waals surface area contributed by atoms with Gasteiger partial charge in [0.1, 0.15) is 0 Å². The molecular weight excluding hydrogens is 218 g/mol. The lowest BCUT2D eigenvalue weighted by molar-refractivity contribution is -0.116. The number of rotatable bonds is 4. The zero-order valence-corrected chi connectivity index (χ0v) is 9.69. The average molecular weight is 235 g/mol. The van der Waals surface area contributed by atoms with Crippen LogP contribution in [0.3, 0.4) is 0 Å². The van der Waals surface area contributed by atoms with E-state index in [0.29, 0.717) is 0 Å². The van der Waals surface area contributed by atoms with Gasteiger partial charge in [-0.3, -0.25) is 4.79 Å². The zero-order chi connectivity index (χ0) is 12.1. The first-order chi connectivity index (χ1) is 8.25. The molecule has 5 nitrogen and oxygen atoms in total. The molecule has 5 heteroatoms. The highest BCUT2D eigenvalue weighted by atomic mass is 16.5. The number of carbonyl (C=O) groups is 1. The van der Waals surface area contributed by atoms with Gasteiger partial charge < -0.3 is 20.7 Å². The maximum Gasteiger partial charge on any atom is 0.236 e. The molecule has 0 saturated carbocycles. The van der Waals surface area contributed by atoms with Crippen molar-refractivity contribution in [2.24, 2.45) is 5.73 Å². The van der Waals surface area contributed by atoms with E-state index in [1.54, 1.807) is 0 Å². The molecule has 0 radical (unpaired) electrons. The fraction of sp³-hybridized carbons (Fsp3) is 0.417. The van der Waals surface area contributed by atoms with Crippen molar-refractivity contribution in [3.05, 3.63) is 24.3 Å². The summed E-state index contributed by atoms with van der Waals surface area (Å²) in [6, 6.07) is 7.98. The minimum atomic E-state index is -0.359. The predicted octanol–water partition coefficient (Wildman–Crippen LogP) is 0.420. The Morgan fingerprint density at radius 3 is 2.53 bits per heavy atom. The van der Waals surface area contributed by atoms with Crippen molar-refractivity contribution in [2.45, 2.75) is 0 Å². The number of benzene rings is 1. The summed E-state index contributed by atoms with van der Waals surface area (Å²) in [6.45, 7) is 3.57. The molecule has 3 N–H and O–H groups in total. The molecule has 0 aromatic heterocycles. The van der Waals surface area contributed by atoms with Crippen LogP contribution >= 0.6 is 0 Å². The summed E-state index contributed by atoms with van der Waals surface area (Å²) in [7, 11) is 0. The van der Waals surface area contributed by atoms with Crippen molar-refractivity contribution in [2.75, 3.05) is 43.1 Å². The SMILES string of the molecule is NC(=O)CNc1ccc(N2CCOCC2)cc1. The third-order valence-corrected chi connectivity index (χ3v) is 2.71. The van der Waals surface area contributed by atoms with Gasteiger partial charge in [0.2, 0.25) is 5.91 Å². The van der Waals surface area contributed by atoms with E-state index < -0.39 is 0 Å². The maximum atomic E-state index is 10.6. The molecule has 1 heterocycles. The molecule has 1 aliphatic rings. The second kappa shape index (κ2) is 5.54. The molecule has 1 aromatic carbocycles. The Labute approximate surface area is 101 Å². The third kappa shape index (κ3) is 3.35. The van der Waals surface area contributed by atoms with E-state index in [1.165, 1.54) is 5.69 Å². The lowest BCUT2D eigenvalue weighted by Gasteiger charge is -2.28. The van der Waals surface area contributed by atoms with Crippen LogP contribution in [0.1, 0.15) is 0 Å². The van der Waals surface area contributed by atoms with E-state index in [0.717, 1.165) is 32.0 Å². The van der Waals surface area contributed by atoms with Crippen LogP contribution in [0.25, 0.3) is 0 Å². The molecule has 1 saturated heterocycles. The van der Waals surface area contributed by atoms with Gasteiger partial charge >= 0.3 is 0 Å². The number of hydrogen-bond acceptors (Lipinski definition) is 4. The van der Waals surface area contributed by atoms with Gasteiger partial charge in [-0.2, -0.15) is 0 Å². The molecule has 1 aliphatic heterocycles. The molecule has 2 rings (SSSR count). The number of anilines is 2. The molecule has 1 fully saturated rings. The monoisotopic (exact) mass is 235 g/mol. The summed E-state index contributed by atoms with van der Waals surface area (Å²) in [5, 5.41) is 2.96. The van der Waals surface area contributed by atoms with E-state index in [9.17, 15) is 4.79 Å². The topological polar surface area (TPSA) is 67.6 Å². The number of nitrogens with zero attached hydrogens (tertiary/aromatic N) is 1. The number of amides is 1. The van der Waals surface area contributed by atoms with Gasteiger partial charge in [0.25, 0.3) is 0 Å². The van der Waals surface area contributed by atoms with Gasteiger partial charge in [-0.15, -0.1) is 0 Å². The molecule has 0 aliphatic carbocycles. The minimum Gasteiger partial charge on any atom is -0.378 e. The highest BCUT2D eigenvalue weighted by molar-refractivity contribution is 5.78. The molecule has 0 atom stereocenters. The molecule has 17 heavy (non-hydrogen) atoms. The number of primary amides is 1. The van der Waals surface area contributed by atoms with Crippen molar-refractivity contribution < 1.29 is 9.53 Å². The Bertz CT molecular complexity index is 372. The lowest BCUT2D eigenvalue weighted by Crippen LogP contribution is -2.36. The number of ether oxygens (including phenoxy) is 1. The van der Waals surface area contributed by atoms with Crippen molar-refractivity contribution >= 4 is 17.3 Å². The first-order valence-corrected chi connectivity index (χ1v) is 5.70. The van der Waals surface area contributed by atoms with Gasteiger partial charge in [-0.1, -0.05) is 0 Å². The summed E-state index contributed by atoms with van der Waals surface area (Å²) in [5.41, 5.74) is 7.15. The van der Waals surface area contributed by atoms with E-state index >= 15 is 0 Å². The molecular formula is C12H17N3O2. The van der Waals surface area contributed by atoms with E-state index in [-0.39, 0.29) is 12.5 Å². The third-order valence-electron chi connectivity index (χ3n) is 2.71. The fourth-order valence-corrected chi connectivity index (χ4v) is 1.80. The van der Waals surface area contributed by atoms with Gasteiger partial charge in [-0.05, 0) is 24.3 Å². The highest BCUT2D eigenvalue weighted by Crippen LogP contribution is 2.18. The van der Waals surface area contributed by atoms with Gasteiger partial charge in [0, 0.05) is 24.5 Å². The second-order valence-electron chi connectivity index (χ2n) is 3.97. The van der Waals surface area contributed by atoms with E-state index in [2.05, 4.69) is 10.2 Å². The van der Waals surface area contributed by atoms with Crippen molar-refractivity contribution in [3.63, 3.8) is 0 Å². The Hall–Kier alpha value is -1.75. The van der Waals surface area contributed by atoms with Gasteiger partial charge in [0.05, 0.1) is 19.8 Å². The average Bonchev–Trinajstić information content (AvgIpc) is 2.38. The first-order valence-electron chi connectivity index (χ1n) is 5.70. The van der Waals surface area contributed by atoms with Crippen LogP contribution in [0, 0.1) is 0 Å². The number of nitrogens with one attached hydrogen (secondary N) is 1. The number of hydrogen-bond donors (Lipinski definition) is 2. The van der Waals surface area contributed by atoms with E-state index in [1.807, 2.05) is 24.3 Å². The summed E-state index contributed by atoms with van der Waals surface area (Å²) < 4.78 is 5.30. The summed E-state index contributed by atoms with van der Waals surface area (Å²) in [5.74, 6) is -0.359. The number of morpholine rings is 1. The van der Waals surface area contributed by atoms with Crippen LogP contribution in [-0.4, -0.2) is 38.8 Å². The first kappa shape index (κ1) is 11.7. The molecule has 0 spiro atoms. The molecule has 92 valence electrons. The fourth-order valence-electron chi connectivity index (χ4n) is 1.80. The van der Waals surface area contributed by atoms with Crippen LogP contribution in [0.4, 0.5) is 11.4 Å². The standard InChI is InChI=1S/C12H17N3O2/c13-12(16)9-14-10-1-3-11(4-2-10)15-5-7-17-8-6-15/h1-4,14H,5-9H2,(H2,13,16). The van der Waals surface area contributed by atoms with Crippen molar-refractivity contribution in [3.8, 4) is 0 Å². The van der Waals surface area contributed by atoms with Crippen molar-refractivity contribution in [1.82, 2.24) is 0 Å². The van der Waals surface area contributed by atoms with Gasteiger partial charge in [0.15, 0.2) is 0 Å². The second-order valence-corrected chi connectivity index (χ2v) is 3.97. The Balaban J connectivity index is 1.94. The molecule has 0 unspecified atom stereocenters. The maximum absolute atomic E-state index is 10.6. The minimum absolute atomic E-state index is 0.164. The smallest absolute Gasteiger partial charge is 0.236 e. The van der Waals surface area contributed by atoms with E-state index in [4.69, 9.17) is 10.5 Å². The molecule has 0 bridgehead atoms. The Kier molecular flexibility index (Phi) is 3.82. The Morgan fingerprint density at radius 1 is 1.29 bits per heavy atom. The predicted molar refractivity (Wildman–Crippen MR) is 67.2 cm³/mol. The van der Waals surface area contributed by atoms with Gasteiger partial charge in [-0.25, -0.2) is 0 Å². The summed E-state index contributed by atoms with van der Waals surface area (Å²) in [4.78, 5) is 12.9. The van der Waals surface area contributed by atoms with Crippen LogP contribution < -0.4 is 16.0 Å².